The third kappa shape index (κ3) is 8.07. The van der Waals surface area contributed by atoms with Crippen LogP contribution in [0.1, 0.15) is 80.4 Å². The number of hydrogen-bond acceptors (Lipinski definition) is 8. The highest BCUT2D eigenvalue weighted by molar-refractivity contribution is 7.11. The van der Waals surface area contributed by atoms with E-state index in [9.17, 15) is 24.3 Å². The van der Waals surface area contributed by atoms with Gasteiger partial charge in [0.2, 0.25) is 17.6 Å². The second-order valence-corrected chi connectivity index (χ2v) is 10.7. The van der Waals surface area contributed by atoms with Crippen LogP contribution in [0.2, 0.25) is 0 Å². The average Bonchev–Trinajstić information content (AvgIpc) is 3.58. The van der Waals surface area contributed by atoms with E-state index in [1.807, 2.05) is 0 Å². The van der Waals surface area contributed by atoms with Gasteiger partial charge in [-0.25, -0.2) is 4.98 Å². The zero-order chi connectivity index (χ0) is 25.9. The first-order valence-electron chi connectivity index (χ1n) is 13.1. The van der Waals surface area contributed by atoms with Gasteiger partial charge in [-0.1, -0.05) is 32.1 Å². The van der Waals surface area contributed by atoms with Crippen LogP contribution < -0.4 is 16.4 Å². The molecule has 3 atom stereocenters. The lowest BCUT2D eigenvalue weighted by Gasteiger charge is -2.32. The number of rotatable bonds is 14. The number of carbonyl (C=O) groups is 4. The van der Waals surface area contributed by atoms with Gasteiger partial charge in [0, 0.05) is 18.1 Å². The molecule has 1 aromatic rings. The molecule has 2 amide bonds. The number of amides is 2. The van der Waals surface area contributed by atoms with Crippen molar-refractivity contribution in [3.05, 3.63) is 16.6 Å². The number of unbranched alkanes of at least 4 members (excludes halogenated alkanes) is 1. The Bertz CT molecular complexity index is 874. The smallest absolute Gasteiger partial charge is 0.317 e. The second kappa shape index (κ2) is 14.4. The number of Topliss-reactive ketones (excluding diaryl/α,β-unsaturated/α-hetero) is 1. The molecule has 10 nitrogen and oxygen atoms in total. The van der Waals surface area contributed by atoms with Crippen LogP contribution in [0.25, 0.3) is 0 Å². The Kier molecular flexibility index (Phi) is 11.3. The van der Waals surface area contributed by atoms with Crippen molar-refractivity contribution < 1.29 is 24.3 Å². The van der Waals surface area contributed by atoms with Gasteiger partial charge in [0.15, 0.2) is 5.01 Å². The molecule has 0 radical (unpaired) electrons. The van der Waals surface area contributed by atoms with Crippen LogP contribution in [0.3, 0.4) is 0 Å². The van der Waals surface area contributed by atoms with Gasteiger partial charge in [-0.05, 0) is 51.0 Å². The molecule has 200 valence electrons. The number of aliphatic carboxylic acids is 1. The van der Waals surface area contributed by atoms with Crippen LogP contribution in [0.15, 0.2) is 11.6 Å². The molecule has 0 aromatic carbocycles. The zero-order valence-electron chi connectivity index (χ0n) is 20.8. The number of aromatic nitrogens is 1. The maximum absolute atomic E-state index is 13.6. The van der Waals surface area contributed by atoms with Gasteiger partial charge >= 0.3 is 5.97 Å². The molecule has 36 heavy (non-hydrogen) atoms. The van der Waals surface area contributed by atoms with Crippen LogP contribution in [0.5, 0.6) is 0 Å². The lowest BCUT2D eigenvalue weighted by atomic mass is 9.84. The summed E-state index contributed by atoms with van der Waals surface area (Å²) in [5.74, 6) is -1.46. The van der Waals surface area contributed by atoms with Crippen LogP contribution >= 0.6 is 11.3 Å². The van der Waals surface area contributed by atoms with Crippen LogP contribution in [-0.4, -0.2) is 76.3 Å². The molecule has 2 heterocycles. The van der Waals surface area contributed by atoms with E-state index in [0.717, 1.165) is 32.1 Å². The fraction of sp³-hybridized carbons (Fsp3) is 0.720. The summed E-state index contributed by atoms with van der Waals surface area (Å²) in [6.45, 7) is 0.632. The summed E-state index contributed by atoms with van der Waals surface area (Å²) in [5.41, 5.74) is 5.61. The Morgan fingerprint density at radius 1 is 1.11 bits per heavy atom. The normalized spacial score (nSPS) is 20.1. The van der Waals surface area contributed by atoms with Crippen molar-refractivity contribution in [1.82, 2.24) is 20.5 Å². The van der Waals surface area contributed by atoms with E-state index in [0.29, 0.717) is 56.1 Å². The summed E-state index contributed by atoms with van der Waals surface area (Å²) >= 11 is 1.23. The van der Waals surface area contributed by atoms with E-state index < -0.39 is 24.1 Å². The van der Waals surface area contributed by atoms with Gasteiger partial charge in [-0.2, -0.15) is 0 Å². The number of hydrogen-bond donors (Lipinski definition) is 4. The number of likely N-dealkylation sites (tertiary alicyclic amines) is 1. The van der Waals surface area contributed by atoms with E-state index in [1.54, 1.807) is 16.5 Å². The topological polar surface area (TPSA) is 155 Å². The summed E-state index contributed by atoms with van der Waals surface area (Å²) in [6, 6.07) is -2.05. The Hall–Kier alpha value is -2.37. The first-order chi connectivity index (χ1) is 17.4. The molecule has 3 rings (SSSR count). The summed E-state index contributed by atoms with van der Waals surface area (Å²) < 4.78 is 0. The Labute approximate surface area is 216 Å². The summed E-state index contributed by atoms with van der Waals surface area (Å²) in [7, 11) is 0. The molecule has 0 unspecified atom stereocenters. The van der Waals surface area contributed by atoms with Crippen molar-refractivity contribution in [2.24, 2.45) is 11.7 Å². The minimum absolute atomic E-state index is 0.231. The molecule has 11 heteroatoms. The van der Waals surface area contributed by atoms with Crippen molar-refractivity contribution >= 4 is 34.9 Å². The molecule has 1 aliphatic heterocycles. The van der Waals surface area contributed by atoms with Gasteiger partial charge in [0.1, 0.15) is 6.04 Å². The van der Waals surface area contributed by atoms with Gasteiger partial charge in [-0.3, -0.25) is 24.5 Å². The lowest BCUT2D eigenvalue weighted by Crippen LogP contribution is -2.55. The van der Waals surface area contributed by atoms with Crippen LogP contribution in [0, 0.1) is 5.92 Å². The van der Waals surface area contributed by atoms with Crippen LogP contribution in [-0.2, 0) is 14.4 Å². The summed E-state index contributed by atoms with van der Waals surface area (Å²) in [5, 5.41) is 17.1. The summed E-state index contributed by atoms with van der Waals surface area (Å²) in [6.07, 6.45) is 10.7. The molecule has 1 aliphatic carbocycles. The Balaban J connectivity index is 1.69. The minimum Gasteiger partial charge on any atom is -0.480 e. The van der Waals surface area contributed by atoms with Crippen molar-refractivity contribution in [3.8, 4) is 0 Å². The highest BCUT2D eigenvalue weighted by Crippen LogP contribution is 2.29. The molecule has 2 aliphatic rings. The predicted octanol–water partition coefficient (Wildman–Crippen LogP) is 1.94. The fourth-order valence-electron chi connectivity index (χ4n) is 5.27. The molecule has 1 aromatic heterocycles. The number of ketones is 1. The van der Waals surface area contributed by atoms with E-state index in [-0.39, 0.29) is 24.1 Å². The first-order valence-corrected chi connectivity index (χ1v) is 14.0. The van der Waals surface area contributed by atoms with Crippen molar-refractivity contribution in [2.45, 2.75) is 88.8 Å². The van der Waals surface area contributed by atoms with E-state index in [1.165, 1.54) is 17.8 Å². The van der Waals surface area contributed by atoms with E-state index >= 15 is 0 Å². The number of carboxylic acid groups (broad SMARTS) is 1. The van der Waals surface area contributed by atoms with Crippen LogP contribution in [0.4, 0.5) is 0 Å². The fourth-order valence-corrected chi connectivity index (χ4v) is 5.90. The largest absolute Gasteiger partial charge is 0.480 e. The number of nitrogens with zero attached hydrogens (tertiary/aromatic N) is 2. The molecule has 0 spiro atoms. The molecule has 5 N–H and O–H groups in total. The Morgan fingerprint density at radius 3 is 2.56 bits per heavy atom. The maximum atomic E-state index is 13.6. The van der Waals surface area contributed by atoms with Gasteiger partial charge in [0.05, 0.1) is 18.6 Å². The van der Waals surface area contributed by atoms with Crippen molar-refractivity contribution in [1.29, 1.82) is 0 Å². The molecule has 1 saturated heterocycles. The van der Waals surface area contributed by atoms with E-state index in [4.69, 9.17) is 5.73 Å². The number of carboxylic acids is 1. The van der Waals surface area contributed by atoms with Crippen molar-refractivity contribution in [2.75, 3.05) is 19.6 Å². The standard InChI is InChI=1S/C25H39N5O5S/c26-11-5-4-9-18(22(33)24-27-12-14-36-24)29-23(34)20-10-6-13-30(20)25(35)19(28-16-21(31)32)15-17-7-2-1-3-8-17/h12,14,17-20,28H,1-11,13,15-16,26H2,(H,29,34)(H,31,32)/t18-,19+,20-/m0/s1. The average molecular weight is 522 g/mol. The maximum Gasteiger partial charge on any atom is 0.317 e. The third-order valence-corrected chi connectivity index (χ3v) is 7.94. The molecule has 1 saturated carbocycles. The first kappa shape index (κ1) is 28.2. The predicted molar refractivity (Wildman–Crippen MR) is 137 cm³/mol. The molecule has 0 bridgehead atoms. The highest BCUT2D eigenvalue weighted by atomic mass is 32.1. The monoisotopic (exact) mass is 521 g/mol. The molecular weight excluding hydrogens is 482 g/mol. The number of nitrogens with one attached hydrogen (secondary N) is 2. The van der Waals surface area contributed by atoms with Crippen molar-refractivity contribution in [3.63, 3.8) is 0 Å². The zero-order valence-corrected chi connectivity index (χ0v) is 21.6. The number of thiazole rings is 1. The number of carbonyl (C=O) groups excluding carboxylic acids is 3. The summed E-state index contributed by atoms with van der Waals surface area (Å²) in [4.78, 5) is 56.8. The van der Waals surface area contributed by atoms with Gasteiger partial charge in [-0.15, -0.1) is 11.3 Å². The number of nitrogens with two attached hydrogens (primary N) is 1. The van der Waals surface area contributed by atoms with E-state index in [2.05, 4.69) is 15.6 Å². The SMILES string of the molecule is NCCCC[C@H](NC(=O)[C@@H]1CCCN1C(=O)[C@@H](CC1CCCCC1)NCC(=O)O)C(=O)c1nccs1. The molecule has 2 fully saturated rings. The lowest BCUT2D eigenvalue weighted by molar-refractivity contribution is -0.141. The second-order valence-electron chi connectivity index (χ2n) is 9.80. The minimum atomic E-state index is -1.02. The molecular formula is C25H39N5O5S. The van der Waals surface area contributed by atoms with Gasteiger partial charge < -0.3 is 21.1 Å². The Morgan fingerprint density at radius 2 is 1.89 bits per heavy atom. The van der Waals surface area contributed by atoms with Gasteiger partial charge in [0.25, 0.3) is 0 Å². The highest BCUT2D eigenvalue weighted by Gasteiger charge is 2.39. The third-order valence-electron chi connectivity index (χ3n) is 7.15. The quantitative estimate of drug-likeness (QED) is 0.214.